The minimum Gasteiger partial charge on any atom is -0.502 e. The van der Waals surface area contributed by atoms with Gasteiger partial charge in [0.2, 0.25) is 5.91 Å². The van der Waals surface area contributed by atoms with E-state index in [2.05, 4.69) is 22.5 Å². The molecule has 0 spiro atoms. The number of phenolic OH excluding ortho intramolecular Hbond substituents is 1. The number of nitro groups is 1. The zero-order chi connectivity index (χ0) is 20.4. The fraction of sp³-hybridized carbons (Fsp3) is 0.111. The van der Waals surface area contributed by atoms with Crippen molar-refractivity contribution < 1.29 is 19.2 Å². The Morgan fingerprint density at radius 1 is 1.29 bits per heavy atom. The van der Waals surface area contributed by atoms with Gasteiger partial charge < -0.3 is 21.1 Å². The Hall–Kier alpha value is -3.53. The molecule has 1 amide bonds. The average molecular weight is 402 g/mol. The molecule has 0 unspecified atom stereocenters. The molecule has 1 fully saturated rings. The molecule has 2 atom stereocenters. The number of rotatable bonds is 4. The lowest BCUT2D eigenvalue weighted by molar-refractivity contribution is -0.386. The van der Waals surface area contributed by atoms with Gasteiger partial charge in [-0.2, -0.15) is 0 Å². The van der Waals surface area contributed by atoms with Crippen LogP contribution in [0.25, 0.3) is 0 Å². The largest absolute Gasteiger partial charge is 0.502 e. The van der Waals surface area contributed by atoms with Gasteiger partial charge in [0.05, 0.1) is 11.0 Å². The molecule has 8 nitrogen and oxygen atoms in total. The fourth-order valence-electron chi connectivity index (χ4n) is 2.95. The highest BCUT2D eigenvalue weighted by atomic mass is 32.1. The zero-order valence-electron chi connectivity index (χ0n) is 14.3. The van der Waals surface area contributed by atoms with E-state index >= 15 is 0 Å². The molecule has 0 bridgehead atoms. The molecular weight excluding hydrogens is 387 g/mol. The van der Waals surface area contributed by atoms with E-state index in [-0.39, 0.29) is 16.4 Å². The molecule has 0 saturated carbocycles. The molecule has 2 aromatic rings. The SMILES string of the molecule is C=C1NC(=S)N[C@H](c2cccc([N+](=O)[O-])c2O)[C@H]1C(=O)Nc1ccc(F)cc1. The molecule has 4 N–H and O–H groups in total. The Balaban J connectivity index is 1.97. The first kappa shape index (κ1) is 19.2. The number of nitrogens with zero attached hydrogens (tertiary/aromatic N) is 1. The summed E-state index contributed by atoms with van der Waals surface area (Å²) in [6.45, 7) is 3.81. The fourth-order valence-corrected chi connectivity index (χ4v) is 3.21. The van der Waals surface area contributed by atoms with Gasteiger partial charge in [-0.3, -0.25) is 14.9 Å². The molecule has 28 heavy (non-hydrogen) atoms. The summed E-state index contributed by atoms with van der Waals surface area (Å²) in [5.41, 5.74) is 0.235. The molecule has 1 heterocycles. The number of amides is 1. The van der Waals surface area contributed by atoms with Crippen molar-refractivity contribution >= 4 is 34.6 Å². The van der Waals surface area contributed by atoms with Crippen LogP contribution in [0.3, 0.4) is 0 Å². The molecule has 10 heteroatoms. The predicted molar refractivity (Wildman–Crippen MR) is 104 cm³/mol. The second kappa shape index (κ2) is 7.61. The van der Waals surface area contributed by atoms with E-state index in [4.69, 9.17) is 12.2 Å². The maximum Gasteiger partial charge on any atom is 0.311 e. The summed E-state index contributed by atoms with van der Waals surface area (Å²) in [5, 5.41) is 29.9. The van der Waals surface area contributed by atoms with Gasteiger partial charge in [0.1, 0.15) is 11.7 Å². The van der Waals surface area contributed by atoms with Crippen molar-refractivity contribution in [2.24, 2.45) is 5.92 Å². The summed E-state index contributed by atoms with van der Waals surface area (Å²) in [5.74, 6) is -2.50. The van der Waals surface area contributed by atoms with Crippen LogP contribution in [0, 0.1) is 21.8 Å². The number of halogens is 1. The van der Waals surface area contributed by atoms with E-state index in [1.54, 1.807) is 0 Å². The van der Waals surface area contributed by atoms with Crippen LogP contribution in [0.15, 0.2) is 54.7 Å². The van der Waals surface area contributed by atoms with E-state index in [9.17, 15) is 24.4 Å². The Morgan fingerprint density at radius 2 is 1.96 bits per heavy atom. The molecule has 1 aliphatic rings. The number of anilines is 1. The third kappa shape index (κ3) is 3.76. The van der Waals surface area contributed by atoms with Crippen LogP contribution >= 0.6 is 12.2 Å². The highest BCUT2D eigenvalue weighted by Crippen LogP contribution is 2.39. The second-order valence-electron chi connectivity index (χ2n) is 6.05. The first-order valence-corrected chi connectivity index (χ1v) is 8.47. The van der Waals surface area contributed by atoms with E-state index in [1.807, 2.05) is 0 Å². The van der Waals surface area contributed by atoms with Crippen LogP contribution in [0.2, 0.25) is 0 Å². The predicted octanol–water partition coefficient (Wildman–Crippen LogP) is 2.73. The number of carbonyl (C=O) groups excluding carboxylic acids is 1. The third-order valence-corrected chi connectivity index (χ3v) is 4.46. The zero-order valence-corrected chi connectivity index (χ0v) is 15.1. The summed E-state index contributed by atoms with van der Waals surface area (Å²) in [7, 11) is 0. The highest BCUT2D eigenvalue weighted by Gasteiger charge is 2.39. The first-order valence-electron chi connectivity index (χ1n) is 8.07. The maximum absolute atomic E-state index is 13.1. The number of phenols is 1. The van der Waals surface area contributed by atoms with E-state index in [0.717, 1.165) is 6.07 Å². The summed E-state index contributed by atoms with van der Waals surface area (Å²) in [4.78, 5) is 23.3. The number of nitrogens with one attached hydrogen (secondary N) is 3. The normalized spacial score (nSPS) is 18.8. The summed E-state index contributed by atoms with van der Waals surface area (Å²) >= 11 is 5.10. The molecule has 2 aromatic carbocycles. The van der Waals surface area contributed by atoms with Crippen LogP contribution in [0.4, 0.5) is 15.8 Å². The van der Waals surface area contributed by atoms with Crippen molar-refractivity contribution in [3.8, 4) is 5.75 Å². The van der Waals surface area contributed by atoms with Crippen molar-refractivity contribution in [2.75, 3.05) is 5.32 Å². The highest BCUT2D eigenvalue weighted by molar-refractivity contribution is 7.80. The number of carbonyl (C=O) groups is 1. The van der Waals surface area contributed by atoms with Gasteiger partial charge >= 0.3 is 5.69 Å². The van der Waals surface area contributed by atoms with Gasteiger partial charge in [-0.05, 0) is 36.5 Å². The topological polar surface area (TPSA) is 117 Å². The van der Waals surface area contributed by atoms with Crippen LogP contribution in [-0.4, -0.2) is 21.0 Å². The molecule has 3 rings (SSSR count). The standard InChI is InChI=1S/C18H15FN4O4S/c1-9-14(17(25)21-11-7-5-10(19)6-8-11)15(22-18(28)20-9)12-3-2-4-13(16(12)24)23(26)27/h2-8,14-15,24H,1H2,(H,21,25)(H2,20,22,28)/t14-,15+/m0/s1. The van der Waals surface area contributed by atoms with Gasteiger partial charge in [0.15, 0.2) is 10.9 Å². The quantitative estimate of drug-likeness (QED) is 0.353. The van der Waals surface area contributed by atoms with Crippen molar-refractivity contribution in [3.63, 3.8) is 0 Å². The molecular formula is C18H15FN4O4S. The van der Waals surface area contributed by atoms with Crippen LogP contribution < -0.4 is 16.0 Å². The average Bonchev–Trinajstić information content (AvgIpc) is 2.62. The third-order valence-electron chi connectivity index (χ3n) is 4.24. The van der Waals surface area contributed by atoms with Gasteiger partial charge in [-0.15, -0.1) is 0 Å². The number of hydrogen-bond acceptors (Lipinski definition) is 5. The van der Waals surface area contributed by atoms with Crippen LogP contribution in [0.5, 0.6) is 5.75 Å². The van der Waals surface area contributed by atoms with Gasteiger partial charge in [-0.1, -0.05) is 18.7 Å². The second-order valence-corrected chi connectivity index (χ2v) is 6.46. The van der Waals surface area contributed by atoms with E-state index in [1.165, 1.54) is 36.4 Å². The lowest BCUT2D eigenvalue weighted by Crippen LogP contribution is -2.51. The lowest BCUT2D eigenvalue weighted by atomic mass is 9.87. The van der Waals surface area contributed by atoms with E-state index in [0.29, 0.717) is 5.69 Å². The minimum atomic E-state index is -0.968. The number of thiocarbonyl (C=S) groups is 1. The summed E-state index contributed by atoms with van der Waals surface area (Å²) in [6.07, 6.45) is 0. The van der Waals surface area contributed by atoms with Gasteiger partial charge in [-0.25, -0.2) is 4.39 Å². The van der Waals surface area contributed by atoms with Crippen molar-refractivity contribution in [1.29, 1.82) is 0 Å². The number of nitro benzene ring substituents is 1. The Morgan fingerprint density at radius 3 is 2.61 bits per heavy atom. The van der Waals surface area contributed by atoms with Gasteiger partial charge in [0, 0.05) is 23.0 Å². The lowest BCUT2D eigenvalue weighted by Gasteiger charge is -2.35. The number of aromatic hydroxyl groups is 1. The molecule has 1 aliphatic heterocycles. The Labute approximate surface area is 164 Å². The molecule has 1 saturated heterocycles. The molecule has 144 valence electrons. The van der Waals surface area contributed by atoms with Crippen molar-refractivity contribution in [3.05, 3.63) is 76.2 Å². The molecule has 0 aromatic heterocycles. The van der Waals surface area contributed by atoms with Crippen molar-refractivity contribution in [1.82, 2.24) is 10.6 Å². The number of benzene rings is 2. The number of hydrogen-bond donors (Lipinski definition) is 4. The minimum absolute atomic E-state index is 0.124. The van der Waals surface area contributed by atoms with Crippen molar-refractivity contribution in [2.45, 2.75) is 6.04 Å². The summed E-state index contributed by atoms with van der Waals surface area (Å²) in [6, 6.07) is 8.29. The Kier molecular flexibility index (Phi) is 5.23. The van der Waals surface area contributed by atoms with Gasteiger partial charge in [0.25, 0.3) is 0 Å². The summed E-state index contributed by atoms with van der Waals surface area (Å²) < 4.78 is 13.1. The van der Waals surface area contributed by atoms with Crippen LogP contribution in [0.1, 0.15) is 11.6 Å². The monoisotopic (exact) mass is 402 g/mol. The Bertz CT molecular complexity index is 980. The smallest absolute Gasteiger partial charge is 0.311 e. The van der Waals surface area contributed by atoms with E-state index < -0.39 is 40.0 Å². The number of para-hydroxylation sites is 1. The van der Waals surface area contributed by atoms with Crippen LogP contribution in [-0.2, 0) is 4.79 Å². The molecule has 0 radical (unpaired) electrons. The molecule has 0 aliphatic carbocycles. The maximum atomic E-state index is 13.1. The first-order chi connectivity index (χ1) is 13.3.